The molecule has 1 aromatic carbocycles. The molecule has 0 amide bonds. The summed E-state index contributed by atoms with van der Waals surface area (Å²) in [6, 6.07) is 10.6. The molecule has 0 spiro atoms. The predicted molar refractivity (Wildman–Crippen MR) is 92.2 cm³/mol. The smallest absolute Gasteiger partial charge is 0.0704 e. The topological polar surface area (TPSA) is 44.8 Å². The van der Waals surface area contributed by atoms with Gasteiger partial charge in [0, 0.05) is 35.9 Å². The van der Waals surface area contributed by atoms with Crippen LogP contribution in [0.25, 0.3) is 10.9 Å². The van der Waals surface area contributed by atoms with Crippen molar-refractivity contribution in [2.75, 3.05) is 13.1 Å². The fourth-order valence-corrected chi connectivity index (χ4v) is 3.64. The number of aromatic amines is 1. The number of aromatic nitrogens is 3. The molecule has 2 aromatic heterocycles. The number of nitrogens with zero attached hydrogens (tertiary/aromatic N) is 3. The fourth-order valence-electron chi connectivity index (χ4n) is 3.64. The van der Waals surface area contributed by atoms with Crippen molar-refractivity contribution >= 4 is 10.9 Å². The first-order valence-corrected chi connectivity index (χ1v) is 8.33. The van der Waals surface area contributed by atoms with E-state index in [1.54, 1.807) is 0 Å². The number of aryl methyl sites for hydroxylation is 1. The molecule has 0 aliphatic carbocycles. The van der Waals surface area contributed by atoms with Crippen LogP contribution < -0.4 is 0 Å². The zero-order valence-electron chi connectivity index (χ0n) is 13.5. The molecule has 3 aromatic rings. The van der Waals surface area contributed by atoms with E-state index < -0.39 is 0 Å². The van der Waals surface area contributed by atoms with E-state index in [9.17, 15) is 0 Å². The van der Waals surface area contributed by atoms with Crippen molar-refractivity contribution in [3.63, 3.8) is 0 Å². The highest BCUT2D eigenvalue weighted by Gasteiger charge is 2.23. The summed E-state index contributed by atoms with van der Waals surface area (Å²) in [5.41, 5.74) is 5.05. The second-order valence-corrected chi connectivity index (χ2v) is 6.60. The molecule has 0 radical (unpaired) electrons. The van der Waals surface area contributed by atoms with E-state index in [4.69, 9.17) is 0 Å². The van der Waals surface area contributed by atoms with Crippen molar-refractivity contribution in [1.82, 2.24) is 20.1 Å². The van der Waals surface area contributed by atoms with Gasteiger partial charge in [-0.05, 0) is 49.9 Å². The van der Waals surface area contributed by atoms with E-state index in [-0.39, 0.29) is 0 Å². The van der Waals surface area contributed by atoms with Crippen LogP contribution in [0.3, 0.4) is 0 Å². The lowest BCUT2D eigenvalue weighted by atomic mass is 9.96. The largest absolute Gasteiger partial charge is 0.299 e. The minimum absolute atomic E-state index is 0.730. The van der Waals surface area contributed by atoms with Crippen LogP contribution in [0.5, 0.6) is 0 Å². The molecule has 1 unspecified atom stereocenters. The number of rotatable bonds is 4. The fraction of sp³-hybridized carbons (Fsp3) is 0.368. The SMILES string of the molecule is Cc1[nH]ncc1CN1CCC(Cc2ccnc3ccccc23)C1. The highest BCUT2D eigenvalue weighted by Crippen LogP contribution is 2.26. The maximum Gasteiger partial charge on any atom is 0.0704 e. The molecule has 3 heterocycles. The zero-order chi connectivity index (χ0) is 15.6. The van der Waals surface area contributed by atoms with Gasteiger partial charge in [-0.1, -0.05) is 18.2 Å². The first-order valence-electron chi connectivity index (χ1n) is 8.33. The monoisotopic (exact) mass is 306 g/mol. The lowest BCUT2D eigenvalue weighted by molar-refractivity contribution is 0.316. The third-order valence-corrected chi connectivity index (χ3v) is 4.95. The van der Waals surface area contributed by atoms with Crippen molar-refractivity contribution in [2.45, 2.75) is 26.3 Å². The molecule has 1 saturated heterocycles. The van der Waals surface area contributed by atoms with Gasteiger partial charge in [0.25, 0.3) is 0 Å². The van der Waals surface area contributed by atoms with Crippen molar-refractivity contribution in [2.24, 2.45) is 5.92 Å². The van der Waals surface area contributed by atoms with Crippen LogP contribution in [0.2, 0.25) is 0 Å². The lowest BCUT2D eigenvalue weighted by Gasteiger charge is -2.16. The molecule has 0 saturated carbocycles. The van der Waals surface area contributed by atoms with Gasteiger partial charge in [-0.25, -0.2) is 0 Å². The summed E-state index contributed by atoms with van der Waals surface area (Å²) in [5, 5.41) is 8.46. The number of hydrogen-bond donors (Lipinski definition) is 1. The van der Waals surface area contributed by atoms with Gasteiger partial charge in [-0.2, -0.15) is 5.10 Å². The predicted octanol–water partition coefficient (Wildman–Crippen LogP) is 3.33. The van der Waals surface area contributed by atoms with Gasteiger partial charge in [0.05, 0.1) is 11.7 Å². The van der Waals surface area contributed by atoms with Gasteiger partial charge in [0.15, 0.2) is 0 Å². The molecule has 4 nitrogen and oxygen atoms in total. The maximum atomic E-state index is 4.47. The molecule has 1 aliphatic heterocycles. The van der Waals surface area contributed by atoms with Crippen molar-refractivity contribution in [1.29, 1.82) is 0 Å². The number of benzene rings is 1. The van der Waals surface area contributed by atoms with Gasteiger partial charge in [-0.3, -0.25) is 15.0 Å². The van der Waals surface area contributed by atoms with E-state index >= 15 is 0 Å². The van der Waals surface area contributed by atoms with Crippen LogP contribution in [0.4, 0.5) is 0 Å². The van der Waals surface area contributed by atoms with Crippen molar-refractivity contribution in [3.05, 3.63) is 59.5 Å². The molecular weight excluding hydrogens is 284 g/mol. The Morgan fingerprint density at radius 1 is 1.22 bits per heavy atom. The first kappa shape index (κ1) is 14.4. The molecule has 1 fully saturated rings. The quantitative estimate of drug-likeness (QED) is 0.804. The van der Waals surface area contributed by atoms with Crippen LogP contribution in [0.15, 0.2) is 42.7 Å². The van der Waals surface area contributed by atoms with Gasteiger partial charge in [0.2, 0.25) is 0 Å². The van der Waals surface area contributed by atoms with E-state index in [1.165, 1.54) is 41.7 Å². The summed E-state index contributed by atoms with van der Waals surface area (Å²) < 4.78 is 0. The second-order valence-electron chi connectivity index (χ2n) is 6.60. The molecule has 4 heteroatoms. The Kier molecular flexibility index (Phi) is 3.83. The van der Waals surface area contributed by atoms with Crippen LogP contribution in [-0.2, 0) is 13.0 Å². The molecule has 1 aliphatic rings. The highest BCUT2D eigenvalue weighted by atomic mass is 15.2. The zero-order valence-corrected chi connectivity index (χ0v) is 13.5. The summed E-state index contributed by atoms with van der Waals surface area (Å²) >= 11 is 0. The number of H-pyrrole nitrogens is 1. The van der Waals surface area contributed by atoms with Gasteiger partial charge < -0.3 is 0 Å². The molecule has 0 bridgehead atoms. The van der Waals surface area contributed by atoms with Crippen molar-refractivity contribution < 1.29 is 0 Å². The van der Waals surface area contributed by atoms with Gasteiger partial charge in [0.1, 0.15) is 0 Å². The Labute approximate surface area is 136 Å². The standard InChI is InChI=1S/C19H22N4/c1-14-17(11-21-22-14)13-23-9-7-15(12-23)10-16-6-8-20-19-5-3-2-4-18(16)19/h2-6,8,11,15H,7,9-10,12-13H2,1H3,(H,21,22). The van der Waals surface area contributed by atoms with Gasteiger partial charge in [-0.15, -0.1) is 0 Å². The maximum absolute atomic E-state index is 4.47. The summed E-state index contributed by atoms with van der Waals surface area (Å²) in [6.07, 6.45) is 6.32. The van der Waals surface area contributed by atoms with E-state index in [2.05, 4.69) is 57.3 Å². The Bertz CT molecular complexity index is 802. The Morgan fingerprint density at radius 3 is 3.00 bits per heavy atom. The Morgan fingerprint density at radius 2 is 2.13 bits per heavy atom. The number of fused-ring (bicyclic) bond motifs is 1. The number of likely N-dealkylation sites (tertiary alicyclic amines) is 1. The van der Waals surface area contributed by atoms with Gasteiger partial charge >= 0.3 is 0 Å². The summed E-state index contributed by atoms with van der Waals surface area (Å²) in [5.74, 6) is 0.730. The first-order chi connectivity index (χ1) is 11.3. The minimum Gasteiger partial charge on any atom is -0.299 e. The normalized spacial score (nSPS) is 18.7. The van der Waals surface area contributed by atoms with Crippen molar-refractivity contribution in [3.8, 4) is 0 Å². The minimum atomic E-state index is 0.730. The summed E-state index contributed by atoms with van der Waals surface area (Å²) in [6.45, 7) is 5.45. The molecule has 1 N–H and O–H groups in total. The molecule has 23 heavy (non-hydrogen) atoms. The average molecular weight is 306 g/mol. The molecule has 1 atom stereocenters. The summed E-state index contributed by atoms with van der Waals surface area (Å²) in [4.78, 5) is 7.02. The average Bonchev–Trinajstić information content (AvgIpc) is 3.18. The second kappa shape index (κ2) is 6.13. The van der Waals surface area contributed by atoms with Crippen LogP contribution in [0, 0.1) is 12.8 Å². The number of para-hydroxylation sites is 1. The number of pyridine rings is 1. The van der Waals surface area contributed by atoms with E-state index in [0.29, 0.717) is 0 Å². The number of nitrogens with one attached hydrogen (secondary N) is 1. The Balaban J connectivity index is 1.45. The molecule has 4 rings (SSSR count). The highest BCUT2D eigenvalue weighted by molar-refractivity contribution is 5.81. The summed E-state index contributed by atoms with van der Waals surface area (Å²) in [7, 11) is 0. The van der Waals surface area contributed by atoms with Crippen LogP contribution in [-0.4, -0.2) is 33.2 Å². The van der Waals surface area contributed by atoms with Crippen LogP contribution in [0.1, 0.15) is 23.2 Å². The lowest BCUT2D eigenvalue weighted by Crippen LogP contribution is -2.20. The molecule has 118 valence electrons. The Hall–Kier alpha value is -2.20. The molecular formula is C19H22N4. The van der Waals surface area contributed by atoms with E-state index in [1.807, 2.05) is 12.4 Å². The third kappa shape index (κ3) is 2.99. The van der Waals surface area contributed by atoms with Crippen LogP contribution >= 0.6 is 0 Å². The number of hydrogen-bond acceptors (Lipinski definition) is 3. The van der Waals surface area contributed by atoms with E-state index in [0.717, 1.165) is 24.4 Å². The third-order valence-electron chi connectivity index (χ3n) is 4.95.